The van der Waals surface area contributed by atoms with Gasteiger partial charge in [-0.05, 0) is 13.8 Å². The van der Waals surface area contributed by atoms with Crippen LogP contribution in [-0.4, -0.2) is 43.0 Å². The molecule has 6 nitrogen and oxygen atoms in total. The Bertz CT molecular complexity index is 292. The van der Waals surface area contributed by atoms with E-state index in [0.29, 0.717) is 5.69 Å². The lowest BCUT2D eigenvalue weighted by Gasteiger charge is -2.12. The highest BCUT2D eigenvalue weighted by atomic mass is 16.3. The zero-order valence-electron chi connectivity index (χ0n) is 8.25. The molecule has 0 aromatic carbocycles. The summed E-state index contributed by atoms with van der Waals surface area (Å²) in [6, 6.07) is 0. The molecule has 1 atom stereocenters. The normalized spacial score (nSPS) is 14.4. The second-order valence-electron chi connectivity index (χ2n) is 3.72. The van der Waals surface area contributed by atoms with Crippen LogP contribution in [0.25, 0.3) is 0 Å². The lowest BCUT2D eigenvalue weighted by molar-refractivity contribution is 0.0728. The largest absolute Gasteiger partial charge is 0.394 e. The van der Waals surface area contributed by atoms with Crippen LogP contribution in [0.4, 0.5) is 0 Å². The number of aliphatic hydroxyl groups excluding tert-OH is 2. The van der Waals surface area contributed by atoms with Gasteiger partial charge in [0.1, 0.15) is 11.3 Å². The number of aliphatic hydroxyl groups is 3. The summed E-state index contributed by atoms with van der Waals surface area (Å²) in [4.78, 5) is 0. The van der Waals surface area contributed by atoms with E-state index in [9.17, 15) is 5.11 Å². The predicted octanol–water partition coefficient (Wildman–Crippen LogP) is -1.14. The summed E-state index contributed by atoms with van der Waals surface area (Å²) in [6.07, 6.45) is 0.685. The van der Waals surface area contributed by atoms with Gasteiger partial charge in [-0.2, -0.15) is 0 Å². The molecule has 3 N–H and O–H groups in total. The SMILES string of the molecule is CC(C)(O)c1cn(CC(O)CO)nn1. The summed E-state index contributed by atoms with van der Waals surface area (Å²) < 4.78 is 1.38. The third-order valence-electron chi connectivity index (χ3n) is 1.77. The van der Waals surface area contributed by atoms with Crippen molar-refractivity contribution in [2.45, 2.75) is 32.1 Å². The van der Waals surface area contributed by atoms with Crippen molar-refractivity contribution >= 4 is 0 Å². The van der Waals surface area contributed by atoms with Crippen molar-refractivity contribution in [3.8, 4) is 0 Å². The summed E-state index contributed by atoms with van der Waals surface area (Å²) in [7, 11) is 0. The van der Waals surface area contributed by atoms with Gasteiger partial charge < -0.3 is 15.3 Å². The fraction of sp³-hybridized carbons (Fsp3) is 0.750. The molecule has 6 heteroatoms. The molecule has 0 fully saturated rings. The molecule has 0 saturated heterocycles. The first-order valence-electron chi connectivity index (χ1n) is 4.35. The van der Waals surface area contributed by atoms with Crippen molar-refractivity contribution in [2.75, 3.05) is 6.61 Å². The minimum Gasteiger partial charge on any atom is -0.394 e. The summed E-state index contributed by atoms with van der Waals surface area (Å²) in [5, 5.41) is 34.7. The Balaban J connectivity index is 2.69. The van der Waals surface area contributed by atoms with Crippen LogP contribution < -0.4 is 0 Å². The van der Waals surface area contributed by atoms with Crippen molar-refractivity contribution in [2.24, 2.45) is 0 Å². The first-order chi connectivity index (χ1) is 6.43. The molecular weight excluding hydrogens is 186 g/mol. The van der Waals surface area contributed by atoms with E-state index in [1.54, 1.807) is 20.0 Å². The van der Waals surface area contributed by atoms with Crippen LogP contribution in [0.15, 0.2) is 6.20 Å². The van der Waals surface area contributed by atoms with Crippen LogP contribution in [0, 0.1) is 0 Å². The smallest absolute Gasteiger partial charge is 0.114 e. The Labute approximate surface area is 81.8 Å². The van der Waals surface area contributed by atoms with Gasteiger partial charge in [-0.15, -0.1) is 5.10 Å². The Kier molecular flexibility index (Phi) is 3.20. The Hall–Kier alpha value is -0.980. The van der Waals surface area contributed by atoms with Crippen molar-refractivity contribution in [3.63, 3.8) is 0 Å². The molecule has 0 aliphatic rings. The van der Waals surface area contributed by atoms with Crippen LogP contribution >= 0.6 is 0 Å². The molecule has 0 amide bonds. The van der Waals surface area contributed by atoms with Gasteiger partial charge in [-0.1, -0.05) is 5.21 Å². The van der Waals surface area contributed by atoms with Gasteiger partial charge >= 0.3 is 0 Å². The van der Waals surface area contributed by atoms with E-state index in [-0.39, 0.29) is 13.2 Å². The number of hydrogen-bond acceptors (Lipinski definition) is 5. The molecule has 0 bridgehead atoms. The molecule has 0 radical (unpaired) electrons. The summed E-state index contributed by atoms with van der Waals surface area (Å²) >= 11 is 0. The highest BCUT2D eigenvalue weighted by molar-refractivity contribution is 5.02. The zero-order chi connectivity index (χ0) is 10.8. The maximum Gasteiger partial charge on any atom is 0.114 e. The first-order valence-corrected chi connectivity index (χ1v) is 4.35. The molecule has 1 unspecified atom stereocenters. The maximum atomic E-state index is 9.57. The topological polar surface area (TPSA) is 91.4 Å². The van der Waals surface area contributed by atoms with Crippen molar-refractivity contribution in [3.05, 3.63) is 11.9 Å². The van der Waals surface area contributed by atoms with Gasteiger partial charge in [0.05, 0.1) is 25.5 Å². The van der Waals surface area contributed by atoms with Crippen LogP contribution in [0.3, 0.4) is 0 Å². The van der Waals surface area contributed by atoms with E-state index in [1.165, 1.54) is 4.68 Å². The van der Waals surface area contributed by atoms with Crippen LogP contribution in [0.5, 0.6) is 0 Å². The van der Waals surface area contributed by atoms with Crippen molar-refractivity contribution in [1.29, 1.82) is 0 Å². The number of hydrogen-bond donors (Lipinski definition) is 3. The second kappa shape index (κ2) is 4.04. The Morgan fingerprint density at radius 2 is 2.21 bits per heavy atom. The fourth-order valence-electron chi connectivity index (χ4n) is 0.942. The summed E-state index contributed by atoms with van der Waals surface area (Å²) in [5.41, 5.74) is -0.606. The standard InChI is InChI=1S/C8H15N3O3/c1-8(2,14)7-4-11(10-9-7)3-6(13)5-12/h4,6,12-14H,3,5H2,1-2H3. The predicted molar refractivity (Wildman–Crippen MR) is 48.4 cm³/mol. The lowest BCUT2D eigenvalue weighted by Crippen LogP contribution is -2.20. The fourth-order valence-corrected chi connectivity index (χ4v) is 0.942. The number of rotatable bonds is 4. The van der Waals surface area contributed by atoms with Crippen molar-refractivity contribution in [1.82, 2.24) is 15.0 Å². The summed E-state index contributed by atoms with van der Waals surface area (Å²) in [5.74, 6) is 0. The van der Waals surface area contributed by atoms with Gasteiger partial charge in [0.25, 0.3) is 0 Å². The number of aromatic nitrogens is 3. The molecule has 1 aromatic rings. The van der Waals surface area contributed by atoms with Crippen LogP contribution in [0.1, 0.15) is 19.5 Å². The van der Waals surface area contributed by atoms with Gasteiger partial charge in [0, 0.05) is 0 Å². The highest BCUT2D eigenvalue weighted by Gasteiger charge is 2.20. The summed E-state index contributed by atoms with van der Waals surface area (Å²) in [6.45, 7) is 3.05. The third kappa shape index (κ3) is 2.76. The van der Waals surface area contributed by atoms with Crippen LogP contribution in [-0.2, 0) is 12.1 Å². The first kappa shape index (κ1) is 11.1. The van der Waals surface area contributed by atoms with Gasteiger partial charge in [0.15, 0.2) is 0 Å². The number of nitrogens with zero attached hydrogens (tertiary/aromatic N) is 3. The molecule has 14 heavy (non-hydrogen) atoms. The van der Waals surface area contributed by atoms with Crippen molar-refractivity contribution < 1.29 is 15.3 Å². The third-order valence-corrected chi connectivity index (χ3v) is 1.77. The average Bonchev–Trinajstić information content (AvgIpc) is 2.51. The molecular formula is C8H15N3O3. The van der Waals surface area contributed by atoms with E-state index in [2.05, 4.69) is 10.3 Å². The van der Waals surface area contributed by atoms with E-state index >= 15 is 0 Å². The monoisotopic (exact) mass is 201 g/mol. The maximum absolute atomic E-state index is 9.57. The molecule has 0 spiro atoms. The van der Waals surface area contributed by atoms with E-state index in [1.807, 2.05) is 0 Å². The molecule has 1 rings (SSSR count). The molecule has 80 valence electrons. The van der Waals surface area contributed by atoms with Gasteiger partial charge in [0.2, 0.25) is 0 Å². The molecule has 0 aliphatic carbocycles. The Morgan fingerprint density at radius 1 is 1.57 bits per heavy atom. The zero-order valence-corrected chi connectivity index (χ0v) is 8.25. The van der Waals surface area contributed by atoms with Crippen LogP contribution in [0.2, 0.25) is 0 Å². The lowest BCUT2D eigenvalue weighted by atomic mass is 10.1. The minimum atomic E-state index is -1.04. The van der Waals surface area contributed by atoms with E-state index < -0.39 is 11.7 Å². The second-order valence-corrected chi connectivity index (χ2v) is 3.72. The average molecular weight is 201 g/mol. The van der Waals surface area contributed by atoms with Gasteiger partial charge in [-0.25, -0.2) is 4.68 Å². The molecule has 0 aliphatic heterocycles. The highest BCUT2D eigenvalue weighted by Crippen LogP contribution is 2.15. The minimum absolute atomic E-state index is 0.166. The molecule has 1 aromatic heterocycles. The van der Waals surface area contributed by atoms with E-state index in [4.69, 9.17) is 10.2 Å². The Morgan fingerprint density at radius 3 is 2.64 bits per heavy atom. The quantitative estimate of drug-likeness (QED) is 0.572. The van der Waals surface area contributed by atoms with E-state index in [0.717, 1.165) is 0 Å². The molecule has 0 saturated carbocycles. The molecule has 1 heterocycles. The van der Waals surface area contributed by atoms with Gasteiger partial charge in [-0.3, -0.25) is 0 Å².